The number of halogens is 2. The monoisotopic (exact) mass is 247 g/mol. The number of hydrogen-bond donors (Lipinski definition) is 1. The maximum absolute atomic E-state index is 10.5. The van der Waals surface area contributed by atoms with Crippen LogP contribution in [-0.2, 0) is 11.2 Å². The molecule has 0 saturated heterocycles. The summed E-state index contributed by atoms with van der Waals surface area (Å²) < 4.78 is 4.79. The molecule has 0 aliphatic carbocycles. The molecule has 0 aliphatic heterocycles. The second-order valence-corrected chi connectivity index (χ2v) is 4.03. The van der Waals surface area contributed by atoms with E-state index in [1.54, 1.807) is 25.1 Å². The van der Waals surface area contributed by atoms with E-state index in [0.29, 0.717) is 16.5 Å². The maximum Gasteiger partial charge on any atom is 0.404 e. The quantitative estimate of drug-likeness (QED) is 0.893. The number of hydrogen-bond acceptors (Lipinski definition) is 2. The molecule has 0 radical (unpaired) electrons. The number of carbonyl (C=O) groups is 1. The van der Waals surface area contributed by atoms with Gasteiger partial charge in [-0.3, -0.25) is 0 Å². The van der Waals surface area contributed by atoms with Crippen LogP contribution in [0.15, 0.2) is 18.2 Å². The zero-order valence-electron chi connectivity index (χ0n) is 8.17. The third kappa shape index (κ3) is 3.98. The summed E-state index contributed by atoms with van der Waals surface area (Å²) in [5, 5.41) is 1.13. The molecule has 82 valence electrons. The Kier molecular flexibility index (Phi) is 4.24. The Morgan fingerprint density at radius 1 is 1.53 bits per heavy atom. The highest BCUT2D eigenvalue weighted by atomic mass is 35.5. The van der Waals surface area contributed by atoms with Crippen molar-refractivity contribution in [2.24, 2.45) is 5.73 Å². The Bertz CT molecular complexity index is 368. The van der Waals surface area contributed by atoms with E-state index in [2.05, 4.69) is 0 Å². The zero-order chi connectivity index (χ0) is 11.4. The molecule has 0 bridgehead atoms. The lowest BCUT2D eigenvalue weighted by molar-refractivity contribution is 0.116. The van der Waals surface area contributed by atoms with Crippen LogP contribution in [0.5, 0.6) is 0 Å². The van der Waals surface area contributed by atoms with Crippen molar-refractivity contribution in [1.82, 2.24) is 0 Å². The van der Waals surface area contributed by atoms with Gasteiger partial charge in [0.05, 0.1) is 0 Å². The maximum atomic E-state index is 10.5. The number of carbonyl (C=O) groups excluding carboxylic acids is 1. The molecule has 1 rings (SSSR count). The van der Waals surface area contributed by atoms with Gasteiger partial charge >= 0.3 is 6.09 Å². The molecular formula is C10H11Cl2NO2. The summed E-state index contributed by atoms with van der Waals surface area (Å²) in [6.07, 6.45) is -0.576. The van der Waals surface area contributed by atoms with E-state index < -0.39 is 6.09 Å². The predicted octanol–water partition coefficient (Wildman–Crippen LogP) is 3.02. The molecule has 0 aliphatic rings. The van der Waals surface area contributed by atoms with Crippen molar-refractivity contribution in [2.75, 3.05) is 0 Å². The van der Waals surface area contributed by atoms with E-state index in [-0.39, 0.29) is 6.10 Å². The molecule has 3 nitrogen and oxygen atoms in total. The van der Waals surface area contributed by atoms with Crippen LogP contribution in [0.25, 0.3) is 0 Å². The highest BCUT2D eigenvalue weighted by Crippen LogP contribution is 2.22. The van der Waals surface area contributed by atoms with Crippen LogP contribution >= 0.6 is 23.2 Å². The summed E-state index contributed by atoms with van der Waals surface area (Å²) in [5.41, 5.74) is 5.76. The van der Waals surface area contributed by atoms with Gasteiger partial charge in [-0.15, -0.1) is 0 Å². The number of benzene rings is 1. The van der Waals surface area contributed by atoms with Crippen LogP contribution in [0.1, 0.15) is 12.5 Å². The average molecular weight is 248 g/mol. The smallest absolute Gasteiger partial charge is 0.404 e. The molecule has 15 heavy (non-hydrogen) atoms. The first-order valence-corrected chi connectivity index (χ1v) is 5.14. The molecule has 0 heterocycles. The van der Waals surface area contributed by atoms with Crippen molar-refractivity contribution in [3.05, 3.63) is 33.8 Å². The summed E-state index contributed by atoms with van der Waals surface area (Å²) in [6.45, 7) is 1.75. The molecule has 0 fully saturated rings. The fourth-order valence-electron chi connectivity index (χ4n) is 1.24. The van der Waals surface area contributed by atoms with Gasteiger partial charge in [0.1, 0.15) is 6.10 Å². The van der Waals surface area contributed by atoms with Crippen molar-refractivity contribution in [3.63, 3.8) is 0 Å². The first-order valence-electron chi connectivity index (χ1n) is 4.39. The van der Waals surface area contributed by atoms with Gasteiger partial charge in [0.2, 0.25) is 0 Å². The molecule has 1 aromatic carbocycles. The minimum atomic E-state index is -0.785. The number of amides is 1. The molecule has 1 atom stereocenters. The van der Waals surface area contributed by atoms with E-state index in [9.17, 15) is 4.79 Å². The third-order valence-electron chi connectivity index (χ3n) is 1.84. The lowest BCUT2D eigenvalue weighted by Gasteiger charge is -2.12. The van der Waals surface area contributed by atoms with Crippen LogP contribution in [0, 0.1) is 0 Å². The van der Waals surface area contributed by atoms with Gasteiger partial charge in [0.15, 0.2) is 0 Å². The molecular weight excluding hydrogens is 237 g/mol. The van der Waals surface area contributed by atoms with Crippen LogP contribution in [0.3, 0.4) is 0 Å². The van der Waals surface area contributed by atoms with Crippen LogP contribution in [0.2, 0.25) is 10.0 Å². The number of primary amides is 1. The Morgan fingerprint density at radius 2 is 2.20 bits per heavy atom. The topological polar surface area (TPSA) is 52.3 Å². The molecule has 2 N–H and O–H groups in total. The number of ether oxygens (including phenoxy) is 1. The fraction of sp³-hybridized carbons (Fsp3) is 0.300. The van der Waals surface area contributed by atoms with E-state index in [1.165, 1.54) is 0 Å². The SMILES string of the molecule is C[C@@H](Cc1ccc(Cl)cc1Cl)OC(N)=O. The van der Waals surface area contributed by atoms with Gasteiger partial charge in [-0.2, -0.15) is 0 Å². The fourth-order valence-corrected chi connectivity index (χ4v) is 1.72. The predicted molar refractivity (Wildman–Crippen MR) is 60.3 cm³/mol. The highest BCUT2D eigenvalue weighted by Gasteiger charge is 2.09. The molecule has 0 aromatic heterocycles. The standard InChI is InChI=1S/C10H11Cl2NO2/c1-6(15-10(13)14)4-7-2-3-8(11)5-9(7)12/h2-3,5-6H,4H2,1H3,(H2,13,14)/t6-/m0/s1. The molecule has 0 spiro atoms. The van der Waals surface area contributed by atoms with Crippen molar-refractivity contribution >= 4 is 29.3 Å². The van der Waals surface area contributed by atoms with Crippen LogP contribution < -0.4 is 5.73 Å². The normalized spacial score (nSPS) is 12.2. The minimum Gasteiger partial charge on any atom is -0.446 e. The molecule has 0 unspecified atom stereocenters. The lowest BCUT2D eigenvalue weighted by atomic mass is 10.1. The summed E-state index contributed by atoms with van der Waals surface area (Å²) >= 11 is 11.7. The first kappa shape index (κ1) is 12.1. The van der Waals surface area contributed by atoms with E-state index in [0.717, 1.165) is 5.56 Å². The van der Waals surface area contributed by atoms with Crippen molar-refractivity contribution < 1.29 is 9.53 Å². The summed E-state index contributed by atoms with van der Waals surface area (Å²) in [7, 11) is 0. The largest absolute Gasteiger partial charge is 0.446 e. The van der Waals surface area contributed by atoms with Crippen LogP contribution in [0.4, 0.5) is 4.79 Å². The number of nitrogens with two attached hydrogens (primary N) is 1. The zero-order valence-corrected chi connectivity index (χ0v) is 9.68. The second kappa shape index (κ2) is 5.24. The van der Waals surface area contributed by atoms with E-state index >= 15 is 0 Å². The van der Waals surface area contributed by atoms with Gasteiger partial charge in [0.25, 0.3) is 0 Å². The Hall–Kier alpha value is -0.930. The molecule has 1 amide bonds. The molecule has 1 aromatic rings. The molecule has 5 heteroatoms. The Balaban J connectivity index is 2.68. The summed E-state index contributed by atoms with van der Waals surface area (Å²) in [4.78, 5) is 10.5. The molecule has 0 saturated carbocycles. The van der Waals surface area contributed by atoms with Gasteiger partial charge in [0, 0.05) is 16.5 Å². The van der Waals surface area contributed by atoms with Crippen LogP contribution in [-0.4, -0.2) is 12.2 Å². The van der Waals surface area contributed by atoms with Gasteiger partial charge in [-0.1, -0.05) is 29.3 Å². The highest BCUT2D eigenvalue weighted by molar-refractivity contribution is 6.35. The minimum absolute atomic E-state index is 0.304. The van der Waals surface area contributed by atoms with Gasteiger partial charge in [-0.05, 0) is 24.6 Å². The summed E-state index contributed by atoms with van der Waals surface area (Å²) in [5.74, 6) is 0. The van der Waals surface area contributed by atoms with E-state index in [1.807, 2.05) is 0 Å². The van der Waals surface area contributed by atoms with Gasteiger partial charge in [-0.25, -0.2) is 4.79 Å². The van der Waals surface area contributed by atoms with Gasteiger partial charge < -0.3 is 10.5 Å². The first-order chi connectivity index (χ1) is 6.99. The van der Waals surface area contributed by atoms with Crippen molar-refractivity contribution in [3.8, 4) is 0 Å². The van der Waals surface area contributed by atoms with E-state index in [4.69, 9.17) is 33.7 Å². The Labute approximate surface area is 98.1 Å². The number of rotatable bonds is 3. The average Bonchev–Trinajstić information content (AvgIpc) is 2.08. The third-order valence-corrected chi connectivity index (χ3v) is 2.43. The Morgan fingerprint density at radius 3 is 2.73 bits per heavy atom. The lowest BCUT2D eigenvalue weighted by Crippen LogP contribution is -2.22. The summed E-state index contributed by atoms with van der Waals surface area (Å²) in [6, 6.07) is 5.18. The second-order valence-electron chi connectivity index (χ2n) is 3.19. The van der Waals surface area contributed by atoms with Crippen molar-refractivity contribution in [1.29, 1.82) is 0 Å². The van der Waals surface area contributed by atoms with Crippen molar-refractivity contribution in [2.45, 2.75) is 19.4 Å².